The highest BCUT2D eigenvalue weighted by atomic mass is 79.9. The van der Waals surface area contributed by atoms with E-state index in [1.54, 1.807) is 23.2 Å². The molecule has 1 aliphatic rings. The lowest BCUT2D eigenvalue weighted by Crippen LogP contribution is -2.47. The van der Waals surface area contributed by atoms with E-state index in [4.69, 9.17) is 4.74 Å². The first kappa shape index (κ1) is 15.9. The average molecular weight is 356 g/mol. The van der Waals surface area contributed by atoms with Crippen LogP contribution in [-0.4, -0.2) is 54.5 Å². The Labute approximate surface area is 132 Å². The molecule has 0 aromatic carbocycles. The summed E-state index contributed by atoms with van der Waals surface area (Å²) in [7, 11) is 1.49. The first-order chi connectivity index (χ1) is 10.1. The molecule has 2 rings (SSSR count). The van der Waals surface area contributed by atoms with Gasteiger partial charge in [0.15, 0.2) is 0 Å². The second-order valence-corrected chi connectivity index (χ2v) is 5.84. The van der Waals surface area contributed by atoms with E-state index in [0.717, 1.165) is 17.3 Å². The number of hydrogen-bond donors (Lipinski definition) is 1. The zero-order valence-corrected chi connectivity index (χ0v) is 13.4. The van der Waals surface area contributed by atoms with E-state index in [9.17, 15) is 9.59 Å². The smallest absolute Gasteiger partial charge is 0.272 e. The Bertz CT molecular complexity index is 499. The summed E-state index contributed by atoms with van der Waals surface area (Å²) >= 11 is 3.30. The molecule has 1 aliphatic heterocycles. The topological polar surface area (TPSA) is 71.5 Å². The Hall–Kier alpha value is -1.47. The molecule has 21 heavy (non-hydrogen) atoms. The highest BCUT2D eigenvalue weighted by Crippen LogP contribution is 2.14. The lowest BCUT2D eigenvalue weighted by atomic mass is 10.0. The van der Waals surface area contributed by atoms with Crippen LogP contribution in [0.2, 0.25) is 0 Å². The number of nitrogens with zero attached hydrogens (tertiary/aromatic N) is 2. The Kier molecular flexibility index (Phi) is 5.69. The minimum Gasteiger partial charge on any atom is -0.375 e. The number of nitrogens with one attached hydrogen (secondary N) is 1. The fraction of sp³-hybridized carbons (Fsp3) is 0.500. The van der Waals surface area contributed by atoms with Crippen molar-refractivity contribution in [1.29, 1.82) is 0 Å². The molecule has 1 fully saturated rings. The van der Waals surface area contributed by atoms with Crippen LogP contribution in [0.15, 0.2) is 22.8 Å². The van der Waals surface area contributed by atoms with Crippen molar-refractivity contribution in [3.63, 3.8) is 0 Å². The highest BCUT2D eigenvalue weighted by molar-refractivity contribution is 9.10. The fourth-order valence-corrected chi connectivity index (χ4v) is 2.53. The van der Waals surface area contributed by atoms with Gasteiger partial charge in [0.1, 0.15) is 12.3 Å². The Morgan fingerprint density at radius 1 is 1.43 bits per heavy atom. The molecule has 0 bridgehead atoms. The summed E-state index contributed by atoms with van der Waals surface area (Å²) in [6.07, 6.45) is 3.11. The van der Waals surface area contributed by atoms with Crippen molar-refractivity contribution in [2.24, 2.45) is 0 Å². The first-order valence-electron chi connectivity index (χ1n) is 6.79. The van der Waals surface area contributed by atoms with E-state index in [1.807, 2.05) is 0 Å². The van der Waals surface area contributed by atoms with Gasteiger partial charge in [-0.1, -0.05) is 0 Å². The molecule has 1 saturated heterocycles. The maximum absolute atomic E-state index is 12.3. The molecule has 0 spiro atoms. The van der Waals surface area contributed by atoms with Crippen molar-refractivity contribution in [3.05, 3.63) is 28.5 Å². The number of likely N-dealkylation sites (tertiary alicyclic amines) is 1. The molecule has 0 unspecified atom stereocenters. The van der Waals surface area contributed by atoms with Gasteiger partial charge in [0.05, 0.1) is 0 Å². The van der Waals surface area contributed by atoms with E-state index in [-0.39, 0.29) is 24.5 Å². The van der Waals surface area contributed by atoms with Crippen LogP contribution in [0.4, 0.5) is 0 Å². The quantitative estimate of drug-likeness (QED) is 0.881. The van der Waals surface area contributed by atoms with Crippen molar-refractivity contribution in [1.82, 2.24) is 15.2 Å². The average Bonchev–Trinajstić information content (AvgIpc) is 2.48. The van der Waals surface area contributed by atoms with Crippen LogP contribution in [0.5, 0.6) is 0 Å². The van der Waals surface area contributed by atoms with Crippen molar-refractivity contribution in [2.75, 3.05) is 26.8 Å². The first-order valence-corrected chi connectivity index (χ1v) is 7.58. The number of carbonyl (C=O) groups is 2. The van der Waals surface area contributed by atoms with Gasteiger partial charge in [-0.3, -0.25) is 9.59 Å². The SMILES string of the molecule is COCC(=O)NC1CCN(C(=O)c2ccc(Br)cn2)CC1. The molecule has 1 aromatic rings. The number of aromatic nitrogens is 1. The largest absolute Gasteiger partial charge is 0.375 e. The third kappa shape index (κ3) is 4.50. The molecule has 1 N–H and O–H groups in total. The van der Waals surface area contributed by atoms with Gasteiger partial charge in [0.2, 0.25) is 5.91 Å². The Morgan fingerprint density at radius 3 is 2.71 bits per heavy atom. The predicted octanol–water partition coefficient (Wildman–Crippen LogP) is 1.21. The van der Waals surface area contributed by atoms with Crippen LogP contribution in [0, 0.1) is 0 Å². The van der Waals surface area contributed by atoms with Gasteiger partial charge in [-0.15, -0.1) is 0 Å². The van der Waals surface area contributed by atoms with Crippen LogP contribution in [-0.2, 0) is 9.53 Å². The maximum Gasteiger partial charge on any atom is 0.272 e. The third-order valence-corrected chi connectivity index (χ3v) is 3.84. The standard InChI is InChI=1S/C14H18BrN3O3/c1-21-9-13(19)17-11-4-6-18(7-5-11)14(20)12-3-2-10(15)8-16-12/h2-3,8,11H,4-7,9H2,1H3,(H,17,19). The van der Waals surface area contributed by atoms with Crippen LogP contribution in [0.1, 0.15) is 23.3 Å². The van der Waals surface area contributed by atoms with E-state index < -0.39 is 0 Å². The van der Waals surface area contributed by atoms with Crippen molar-refractivity contribution in [3.8, 4) is 0 Å². The van der Waals surface area contributed by atoms with Crippen LogP contribution < -0.4 is 5.32 Å². The second kappa shape index (κ2) is 7.51. The third-order valence-electron chi connectivity index (χ3n) is 3.37. The number of piperidine rings is 1. The zero-order valence-electron chi connectivity index (χ0n) is 11.8. The number of pyridine rings is 1. The minimum absolute atomic E-state index is 0.0656. The summed E-state index contributed by atoms with van der Waals surface area (Å²) in [5.41, 5.74) is 0.445. The van der Waals surface area contributed by atoms with Gasteiger partial charge in [-0.2, -0.15) is 0 Å². The molecule has 2 heterocycles. The van der Waals surface area contributed by atoms with Crippen molar-refractivity contribution >= 4 is 27.7 Å². The number of rotatable bonds is 4. The molecular formula is C14H18BrN3O3. The van der Waals surface area contributed by atoms with E-state index >= 15 is 0 Å². The van der Waals surface area contributed by atoms with Crippen LogP contribution in [0.25, 0.3) is 0 Å². The van der Waals surface area contributed by atoms with E-state index in [0.29, 0.717) is 18.8 Å². The molecular weight excluding hydrogens is 338 g/mol. The van der Waals surface area contributed by atoms with Gasteiger partial charge in [0.25, 0.3) is 5.91 Å². The number of carbonyl (C=O) groups excluding carboxylic acids is 2. The van der Waals surface area contributed by atoms with Crippen molar-refractivity contribution < 1.29 is 14.3 Å². The summed E-state index contributed by atoms with van der Waals surface area (Å²) in [6.45, 7) is 1.31. The highest BCUT2D eigenvalue weighted by Gasteiger charge is 2.25. The fourth-order valence-electron chi connectivity index (χ4n) is 2.29. The molecule has 2 amide bonds. The van der Waals surface area contributed by atoms with Gasteiger partial charge in [-0.05, 0) is 40.9 Å². The maximum atomic E-state index is 12.3. The lowest BCUT2D eigenvalue weighted by molar-refractivity contribution is -0.125. The van der Waals surface area contributed by atoms with E-state index in [1.165, 1.54) is 7.11 Å². The van der Waals surface area contributed by atoms with Crippen LogP contribution in [0.3, 0.4) is 0 Å². The molecule has 0 radical (unpaired) electrons. The van der Waals surface area contributed by atoms with Crippen molar-refractivity contribution in [2.45, 2.75) is 18.9 Å². The number of hydrogen-bond acceptors (Lipinski definition) is 4. The number of methoxy groups -OCH3 is 1. The molecule has 114 valence electrons. The number of halogens is 1. The normalized spacial score (nSPS) is 15.8. The summed E-state index contributed by atoms with van der Waals surface area (Å²) in [4.78, 5) is 29.6. The van der Waals surface area contributed by atoms with Gasteiger partial charge < -0.3 is 15.0 Å². The summed E-state index contributed by atoms with van der Waals surface area (Å²) in [5, 5.41) is 2.90. The molecule has 0 aliphatic carbocycles. The summed E-state index contributed by atoms with van der Waals surface area (Å²) in [5.74, 6) is -0.180. The molecule has 0 saturated carbocycles. The number of amides is 2. The van der Waals surface area contributed by atoms with Gasteiger partial charge in [0, 0.05) is 36.9 Å². The Morgan fingerprint density at radius 2 is 2.14 bits per heavy atom. The molecule has 7 heteroatoms. The van der Waals surface area contributed by atoms with Crippen LogP contribution >= 0.6 is 15.9 Å². The van der Waals surface area contributed by atoms with Gasteiger partial charge in [-0.25, -0.2) is 4.98 Å². The summed E-state index contributed by atoms with van der Waals surface area (Å²) < 4.78 is 5.63. The predicted molar refractivity (Wildman–Crippen MR) is 80.9 cm³/mol. The molecule has 0 atom stereocenters. The number of ether oxygens (including phenoxy) is 1. The lowest BCUT2D eigenvalue weighted by Gasteiger charge is -2.32. The molecule has 1 aromatic heterocycles. The Balaban J connectivity index is 1.84. The summed E-state index contributed by atoms with van der Waals surface area (Å²) in [6, 6.07) is 3.62. The second-order valence-electron chi connectivity index (χ2n) is 4.93. The van der Waals surface area contributed by atoms with E-state index in [2.05, 4.69) is 26.2 Å². The molecule has 6 nitrogen and oxygen atoms in total. The zero-order chi connectivity index (χ0) is 15.2. The van der Waals surface area contributed by atoms with Gasteiger partial charge >= 0.3 is 0 Å². The minimum atomic E-state index is -0.114. The monoisotopic (exact) mass is 355 g/mol.